The number of nitrogens with two attached hydrogens (primary N) is 1. The number of aromatic nitrogens is 3. The number of pyridine rings is 1. The minimum atomic E-state index is -0.345. The lowest BCUT2D eigenvalue weighted by molar-refractivity contribution is 0.625. The topological polar surface area (TPSA) is 56.2 Å². The number of rotatable bonds is 1. The highest BCUT2D eigenvalue weighted by Crippen LogP contribution is 2.29. The molecule has 3 aromatic rings. The van der Waals surface area contributed by atoms with Gasteiger partial charge in [-0.25, -0.2) is 4.39 Å². The molecule has 1 aromatic carbocycles. The first kappa shape index (κ1) is 11.4. The zero-order chi connectivity index (χ0) is 12.9. The average molecular weight is 265 g/mol. The molecule has 0 saturated heterocycles. The van der Waals surface area contributed by atoms with Crippen molar-refractivity contribution in [2.75, 3.05) is 0 Å². The molecule has 4 nitrogen and oxygen atoms in total. The summed E-state index contributed by atoms with van der Waals surface area (Å²) in [5.74, 6) is -0.345. The van der Waals surface area contributed by atoms with Crippen LogP contribution in [0.4, 0.5) is 4.39 Å². The monoisotopic (exact) mass is 264 g/mol. The van der Waals surface area contributed by atoms with Gasteiger partial charge < -0.3 is 5.73 Å². The Morgan fingerprint density at radius 1 is 1.33 bits per heavy atom. The van der Waals surface area contributed by atoms with Gasteiger partial charge in [0.15, 0.2) is 5.65 Å². The SMILES string of the molecule is C[C@@H](N)c1cc(F)cc2c1cc(Cl)n1cnnc21. The van der Waals surface area contributed by atoms with E-state index in [9.17, 15) is 4.39 Å². The van der Waals surface area contributed by atoms with Gasteiger partial charge in [0.05, 0.1) is 0 Å². The molecule has 0 fully saturated rings. The summed E-state index contributed by atoms with van der Waals surface area (Å²) in [5.41, 5.74) is 7.10. The standard InChI is InChI=1S/C12H10ClFN4/c1-6(15)8-2-7(14)3-10-9(8)4-11(13)18-5-16-17-12(10)18/h2-6H,15H2,1H3/t6-/m1/s1. The summed E-state index contributed by atoms with van der Waals surface area (Å²) in [6.45, 7) is 1.80. The largest absolute Gasteiger partial charge is 0.324 e. The molecule has 2 aromatic heterocycles. The number of fused-ring (bicyclic) bond motifs is 3. The first-order chi connectivity index (χ1) is 8.58. The molecule has 92 valence electrons. The molecule has 0 amide bonds. The third kappa shape index (κ3) is 1.55. The van der Waals surface area contributed by atoms with Crippen molar-refractivity contribution < 1.29 is 4.39 Å². The van der Waals surface area contributed by atoms with Gasteiger partial charge in [-0.1, -0.05) is 11.6 Å². The van der Waals surface area contributed by atoms with Crippen molar-refractivity contribution in [3.05, 3.63) is 41.1 Å². The number of nitrogens with zero attached hydrogens (tertiary/aromatic N) is 3. The molecule has 2 heterocycles. The van der Waals surface area contributed by atoms with E-state index in [4.69, 9.17) is 17.3 Å². The van der Waals surface area contributed by atoms with Gasteiger partial charge >= 0.3 is 0 Å². The number of hydrogen-bond donors (Lipinski definition) is 1. The van der Waals surface area contributed by atoms with Crippen LogP contribution in [0.3, 0.4) is 0 Å². The molecular formula is C12H10ClFN4. The van der Waals surface area contributed by atoms with Gasteiger partial charge in [0.25, 0.3) is 0 Å². The summed E-state index contributed by atoms with van der Waals surface area (Å²) in [4.78, 5) is 0. The van der Waals surface area contributed by atoms with Crippen LogP contribution in [0.25, 0.3) is 16.4 Å². The van der Waals surface area contributed by atoms with E-state index in [1.54, 1.807) is 17.4 Å². The van der Waals surface area contributed by atoms with E-state index in [1.807, 2.05) is 0 Å². The Morgan fingerprint density at radius 2 is 2.11 bits per heavy atom. The van der Waals surface area contributed by atoms with E-state index in [2.05, 4.69) is 10.2 Å². The highest BCUT2D eigenvalue weighted by Gasteiger charge is 2.13. The number of halogens is 2. The summed E-state index contributed by atoms with van der Waals surface area (Å²) in [7, 11) is 0. The number of benzene rings is 1. The highest BCUT2D eigenvalue weighted by molar-refractivity contribution is 6.30. The van der Waals surface area contributed by atoms with Gasteiger partial charge in [-0.15, -0.1) is 10.2 Å². The normalized spacial score (nSPS) is 13.3. The summed E-state index contributed by atoms with van der Waals surface area (Å²) < 4.78 is 15.3. The van der Waals surface area contributed by atoms with Crippen molar-refractivity contribution in [2.45, 2.75) is 13.0 Å². The van der Waals surface area contributed by atoms with Crippen LogP contribution in [0.2, 0.25) is 5.15 Å². The molecule has 18 heavy (non-hydrogen) atoms. The molecule has 0 unspecified atom stereocenters. The maximum absolute atomic E-state index is 13.6. The molecule has 0 aliphatic heterocycles. The van der Waals surface area contributed by atoms with E-state index in [-0.39, 0.29) is 11.9 Å². The van der Waals surface area contributed by atoms with Crippen molar-refractivity contribution in [3.8, 4) is 0 Å². The quantitative estimate of drug-likeness (QED) is 0.688. The first-order valence-electron chi connectivity index (χ1n) is 5.45. The zero-order valence-corrected chi connectivity index (χ0v) is 10.3. The molecule has 3 rings (SSSR count). The second kappa shape index (κ2) is 3.90. The minimum Gasteiger partial charge on any atom is -0.324 e. The van der Waals surface area contributed by atoms with Crippen LogP contribution in [0.15, 0.2) is 24.5 Å². The second-order valence-corrected chi connectivity index (χ2v) is 4.62. The molecule has 6 heteroatoms. The lowest BCUT2D eigenvalue weighted by atomic mass is 10.0. The maximum Gasteiger partial charge on any atom is 0.169 e. The first-order valence-corrected chi connectivity index (χ1v) is 5.82. The molecule has 0 aliphatic carbocycles. The molecule has 2 N–H and O–H groups in total. The molecule has 0 saturated carbocycles. The van der Waals surface area contributed by atoms with Crippen LogP contribution < -0.4 is 5.73 Å². The van der Waals surface area contributed by atoms with Crippen LogP contribution in [-0.4, -0.2) is 14.6 Å². The van der Waals surface area contributed by atoms with Gasteiger partial charge in [0.1, 0.15) is 17.3 Å². The van der Waals surface area contributed by atoms with Gasteiger partial charge in [-0.3, -0.25) is 4.40 Å². The van der Waals surface area contributed by atoms with E-state index in [1.165, 1.54) is 18.5 Å². The Labute approximate surface area is 107 Å². The van der Waals surface area contributed by atoms with Gasteiger partial charge in [-0.2, -0.15) is 0 Å². The summed E-state index contributed by atoms with van der Waals surface area (Å²) in [6, 6.07) is 4.31. The Hall–Kier alpha value is -1.72. The molecule has 0 aliphatic rings. The zero-order valence-electron chi connectivity index (χ0n) is 9.56. The molecule has 1 atom stereocenters. The van der Waals surface area contributed by atoms with E-state index in [0.29, 0.717) is 21.7 Å². The lowest BCUT2D eigenvalue weighted by Gasteiger charge is -2.11. The maximum atomic E-state index is 13.6. The average Bonchev–Trinajstić information content (AvgIpc) is 2.79. The van der Waals surface area contributed by atoms with Gasteiger partial charge in [-0.05, 0) is 36.1 Å². The Bertz CT molecular complexity index is 750. The van der Waals surface area contributed by atoms with Crippen molar-refractivity contribution in [1.82, 2.24) is 14.6 Å². The number of hydrogen-bond acceptors (Lipinski definition) is 3. The Kier molecular flexibility index (Phi) is 2.46. The van der Waals surface area contributed by atoms with Crippen LogP contribution >= 0.6 is 11.6 Å². The van der Waals surface area contributed by atoms with Gasteiger partial charge in [0.2, 0.25) is 0 Å². The summed E-state index contributed by atoms with van der Waals surface area (Å²) in [5, 5.41) is 9.69. The van der Waals surface area contributed by atoms with E-state index < -0.39 is 0 Å². The fourth-order valence-corrected chi connectivity index (χ4v) is 2.36. The predicted molar refractivity (Wildman–Crippen MR) is 68.1 cm³/mol. The lowest BCUT2D eigenvalue weighted by Crippen LogP contribution is -2.06. The molecule has 0 bridgehead atoms. The third-order valence-corrected chi connectivity index (χ3v) is 3.24. The van der Waals surface area contributed by atoms with Crippen molar-refractivity contribution in [1.29, 1.82) is 0 Å². The fraction of sp³-hybridized carbons (Fsp3) is 0.167. The smallest absolute Gasteiger partial charge is 0.169 e. The summed E-state index contributed by atoms with van der Waals surface area (Å²) >= 11 is 6.14. The summed E-state index contributed by atoms with van der Waals surface area (Å²) in [6.07, 6.45) is 1.49. The van der Waals surface area contributed by atoms with Gasteiger partial charge in [0, 0.05) is 11.4 Å². The van der Waals surface area contributed by atoms with Crippen molar-refractivity contribution in [2.24, 2.45) is 5.73 Å². The fourth-order valence-electron chi connectivity index (χ4n) is 2.13. The Balaban J connectivity index is 2.55. The second-order valence-electron chi connectivity index (χ2n) is 4.24. The van der Waals surface area contributed by atoms with Crippen molar-refractivity contribution >= 4 is 28.0 Å². The van der Waals surface area contributed by atoms with Crippen LogP contribution in [0.5, 0.6) is 0 Å². The molecular weight excluding hydrogens is 255 g/mol. The van der Waals surface area contributed by atoms with E-state index in [0.717, 1.165) is 5.39 Å². The van der Waals surface area contributed by atoms with E-state index >= 15 is 0 Å². The third-order valence-electron chi connectivity index (χ3n) is 2.95. The van der Waals surface area contributed by atoms with Crippen molar-refractivity contribution in [3.63, 3.8) is 0 Å². The molecule has 0 spiro atoms. The highest BCUT2D eigenvalue weighted by atomic mass is 35.5. The minimum absolute atomic E-state index is 0.287. The molecule has 0 radical (unpaired) electrons. The van der Waals surface area contributed by atoms with Crippen LogP contribution in [-0.2, 0) is 0 Å². The predicted octanol–water partition coefficient (Wildman–Crippen LogP) is 2.69. The Morgan fingerprint density at radius 3 is 2.83 bits per heavy atom. The van der Waals surface area contributed by atoms with Crippen LogP contribution in [0, 0.1) is 5.82 Å². The van der Waals surface area contributed by atoms with Crippen LogP contribution in [0.1, 0.15) is 18.5 Å².